The van der Waals surface area contributed by atoms with Gasteiger partial charge in [-0.15, -0.1) is 0 Å². The number of nitrogens with one attached hydrogen (secondary N) is 2. The van der Waals surface area contributed by atoms with Gasteiger partial charge in [-0.05, 0) is 42.3 Å². The Kier molecular flexibility index (Phi) is 5.63. The second-order valence-corrected chi connectivity index (χ2v) is 6.12. The van der Waals surface area contributed by atoms with Crippen LogP contribution in [0.2, 0.25) is 5.02 Å². The number of carbonyl (C=O) groups is 1. The summed E-state index contributed by atoms with van der Waals surface area (Å²) in [5.74, 6) is 0.348. The summed E-state index contributed by atoms with van der Waals surface area (Å²) in [5.41, 5.74) is 2.63. The van der Waals surface area contributed by atoms with E-state index in [1.54, 1.807) is 7.11 Å². The quantitative estimate of drug-likeness (QED) is 0.668. The van der Waals surface area contributed by atoms with E-state index in [4.69, 9.17) is 21.1 Å². The number of aromatic nitrogens is 1. The minimum Gasteiger partial charge on any atom is -0.497 e. The van der Waals surface area contributed by atoms with Crippen molar-refractivity contribution in [1.29, 1.82) is 0 Å². The number of benzene rings is 2. The first-order chi connectivity index (χ1) is 12.6. The highest BCUT2D eigenvalue weighted by Crippen LogP contribution is 2.23. The number of ether oxygens (including phenoxy) is 2. The number of fused-ring (bicyclic) bond motifs is 1. The predicted octanol–water partition coefficient (Wildman–Crippen LogP) is 4.44. The Hall–Kier alpha value is -2.73. The third-order valence-corrected chi connectivity index (χ3v) is 4.36. The molecule has 0 atom stereocenters. The Morgan fingerprint density at radius 2 is 2.08 bits per heavy atom. The van der Waals surface area contributed by atoms with Gasteiger partial charge in [0, 0.05) is 29.2 Å². The lowest BCUT2D eigenvalue weighted by Gasteiger charge is -2.08. The Morgan fingerprint density at radius 1 is 1.23 bits per heavy atom. The molecular formula is C19H18ClFN2O3. The minimum atomic E-state index is -0.553. The average Bonchev–Trinajstić information content (AvgIpc) is 3.03. The summed E-state index contributed by atoms with van der Waals surface area (Å²) >= 11 is 5.90. The molecule has 3 aromatic rings. The van der Waals surface area contributed by atoms with Crippen LogP contribution in [0.25, 0.3) is 10.9 Å². The van der Waals surface area contributed by atoms with Gasteiger partial charge in [0.25, 0.3) is 0 Å². The van der Waals surface area contributed by atoms with Gasteiger partial charge in [0.05, 0.1) is 12.1 Å². The standard InChI is InChI=1S/C19H18ClFN2O3/c1-25-15-4-5-18-16(9-15)12(10-23-18)6-7-22-19(24)26-11-13-2-3-14(21)8-17(13)20/h2-5,8-10,23H,6-7,11H2,1H3,(H,22,24). The van der Waals surface area contributed by atoms with Crippen LogP contribution in [0.4, 0.5) is 9.18 Å². The van der Waals surface area contributed by atoms with Crippen LogP contribution < -0.4 is 10.1 Å². The van der Waals surface area contributed by atoms with Crippen LogP contribution in [0.1, 0.15) is 11.1 Å². The Morgan fingerprint density at radius 3 is 2.85 bits per heavy atom. The van der Waals surface area contributed by atoms with Crippen LogP contribution in [0.3, 0.4) is 0 Å². The third-order valence-electron chi connectivity index (χ3n) is 4.01. The second kappa shape index (κ2) is 8.10. The van der Waals surface area contributed by atoms with Crippen molar-refractivity contribution in [2.45, 2.75) is 13.0 Å². The van der Waals surface area contributed by atoms with Gasteiger partial charge in [0.2, 0.25) is 0 Å². The Bertz CT molecular complexity index is 926. The van der Waals surface area contributed by atoms with Gasteiger partial charge in [0.1, 0.15) is 18.2 Å². The highest BCUT2D eigenvalue weighted by atomic mass is 35.5. The van der Waals surface area contributed by atoms with Crippen molar-refractivity contribution in [2.75, 3.05) is 13.7 Å². The van der Waals surface area contributed by atoms with Gasteiger partial charge in [-0.1, -0.05) is 17.7 Å². The van der Waals surface area contributed by atoms with E-state index in [0.717, 1.165) is 22.2 Å². The maximum Gasteiger partial charge on any atom is 0.407 e. The average molecular weight is 377 g/mol. The van der Waals surface area contributed by atoms with Gasteiger partial charge in [0.15, 0.2) is 0 Å². The molecule has 5 nitrogen and oxygen atoms in total. The summed E-state index contributed by atoms with van der Waals surface area (Å²) in [6.07, 6.45) is 2.00. The van der Waals surface area contributed by atoms with E-state index in [1.807, 2.05) is 24.4 Å². The molecule has 1 amide bonds. The minimum absolute atomic E-state index is 0.0186. The number of aromatic amines is 1. The molecular weight excluding hydrogens is 359 g/mol. The molecule has 2 N–H and O–H groups in total. The second-order valence-electron chi connectivity index (χ2n) is 5.71. The molecule has 1 heterocycles. The molecule has 0 saturated carbocycles. The highest BCUT2D eigenvalue weighted by molar-refractivity contribution is 6.31. The smallest absolute Gasteiger partial charge is 0.407 e. The number of carbonyl (C=O) groups excluding carboxylic acids is 1. The van der Waals surface area contributed by atoms with Gasteiger partial charge in [-0.3, -0.25) is 0 Å². The van der Waals surface area contributed by atoms with E-state index >= 15 is 0 Å². The number of hydrogen-bond donors (Lipinski definition) is 2. The number of methoxy groups -OCH3 is 1. The van der Waals surface area contributed by atoms with E-state index in [-0.39, 0.29) is 11.6 Å². The molecule has 0 fully saturated rings. The monoisotopic (exact) mass is 376 g/mol. The summed E-state index contributed by atoms with van der Waals surface area (Å²) < 4.78 is 23.3. The van der Waals surface area contributed by atoms with E-state index in [2.05, 4.69) is 10.3 Å². The van der Waals surface area contributed by atoms with Crippen molar-refractivity contribution in [3.8, 4) is 5.75 Å². The lowest BCUT2D eigenvalue weighted by Crippen LogP contribution is -2.26. The molecule has 7 heteroatoms. The molecule has 26 heavy (non-hydrogen) atoms. The van der Waals surface area contributed by atoms with Crippen molar-refractivity contribution in [2.24, 2.45) is 0 Å². The lowest BCUT2D eigenvalue weighted by molar-refractivity contribution is 0.140. The zero-order valence-electron chi connectivity index (χ0n) is 14.1. The predicted molar refractivity (Wildman–Crippen MR) is 98.2 cm³/mol. The molecule has 0 saturated heterocycles. The molecule has 0 aliphatic carbocycles. The Labute approximate surface area is 155 Å². The summed E-state index contributed by atoms with van der Waals surface area (Å²) in [6, 6.07) is 9.74. The molecule has 0 radical (unpaired) electrons. The fourth-order valence-corrected chi connectivity index (χ4v) is 2.85. The van der Waals surface area contributed by atoms with Crippen LogP contribution in [0.15, 0.2) is 42.6 Å². The van der Waals surface area contributed by atoms with Crippen LogP contribution in [0, 0.1) is 5.82 Å². The number of hydrogen-bond acceptors (Lipinski definition) is 3. The van der Waals surface area contributed by atoms with Gasteiger partial charge >= 0.3 is 6.09 Å². The molecule has 2 aromatic carbocycles. The van der Waals surface area contributed by atoms with Crippen LogP contribution in [0.5, 0.6) is 5.75 Å². The molecule has 0 aliphatic rings. The van der Waals surface area contributed by atoms with Crippen LogP contribution >= 0.6 is 11.6 Å². The van der Waals surface area contributed by atoms with E-state index in [9.17, 15) is 9.18 Å². The van der Waals surface area contributed by atoms with Gasteiger partial charge in [-0.25, -0.2) is 9.18 Å². The zero-order valence-corrected chi connectivity index (χ0v) is 14.9. The molecule has 136 valence electrons. The maximum absolute atomic E-state index is 13.0. The molecule has 3 rings (SSSR count). The fourth-order valence-electron chi connectivity index (χ4n) is 2.62. The molecule has 0 unspecified atom stereocenters. The molecule has 1 aromatic heterocycles. The van der Waals surface area contributed by atoms with Crippen LogP contribution in [-0.4, -0.2) is 24.7 Å². The van der Waals surface area contributed by atoms with Crippen molar-refractivity contribution < 1.29 is 18.7 Å². The fraction of sp³-hybridized carbons (Fsp3) is 0.211. The number of halogens is 2. The van der Waals surface area contributed by atoms with Crippen molar-refractivity contribution >= 4 is 28.6 Å². The van der Waals surface area contributed by atoms with E-state index in [1.165, 1.54) is 18.2 Å². The van der Waals surface area contributed by atoms with Gasteiger partial charge < -0.3 is 19.8 Å². The highest BCUT2D eigenvalue weighted by Gasteiger charge is 2.08. The lowest BCUT2D eigenvalue weighted by atomic mass is 10.1. The number of rotatable bonds is 6. The summed E-state index contributed by atoms with van der Waals surface area (Å²) in [7, 11) is 1.62. The number of H-pyrrole nitrogens is 1. The first-order valence-electron chi connectivity index (χ1n) is 8.05. The topological polar surface area (TPSA) is 63.3 Å². The van der Waals surface area contributed by atoms with E-state index in [0.29, 0.717) is 18.5 Å². The third kappa shape index (κ3) is 4.26. The summed E-state index contributed by atoms with van der Waals surface area (Å²) in [5, 5.41) is 3.97. The normalized spacial score (nSPS) is 10.7. The molecule has 0 aliphatic heterocycles. The largest absolute Gasteiger partial charge is 0.497 e. The van der Waals surface area contributed by atoms with Gasteiger partial charge in [-0.2, -0.15) is 0 Å². The molecule has 0 bridgehead atoms. The first-order valence-corrected chi connectivity index (χ1v) is 8.43. The van der Waals surface area contributed by atoms with Crippen molar-refractivity contribution in [1.82, 2.24) is 10.3 Å². The van der Waals surface area contributed by atoms with Crippen molar-refractivity contribution in [3.05, 3.63) is 64.6 Å². The van der Waals surface area contributed by atoms with Crippen molar-refractivity contribution in [3.63, 3.8) is 0 Å². The number of amides is 1. The van der Waals surface area contributed by atoms with Crippen LogP contribution in [-0.2, 0) is 17.8 Å². The SMILES string of the molecule is COc1ccc2[nH]cc(CCNC(=O)OCc3ccc(F)cc3Cl)c2c1. The maximum atomic E-state index is 13.0. The summed E-state index contributed by atoms with van der Waals surface area (Å²) in [4.78, 5) is 15.0. The zero-order chi connectivity index (χ0) is 18.5. The Balaban J connectivity index is 1.51. The summed E-state index contributed by atoms with van der Waals surface area (Å²) in [6.45, 7) is 0.398. The van der Waals surface area contributed by atoms with E-state index < -0.39 is 11.9 Å². The first kappa shape index (κ1) is 18.1. The number of alkyl carbamates (subject to hydrolysis) is 1. The molecule has 0 spiro atoms.